The summed E-state index contributed by atoms with van der Waals surface area (Å²) in [5.74, 6) is 0.799. The lowest BCUT2D eigenvalue weighted by molar-refractivity contribution is 0.295. The molecule has 0 amide bonds. The summed E-state index contributed by atoms with van der Waals surface area (Å²) in [6.07, 6.45) is 1.66. The van der Waals surface area contributed by atoms with Crippen molar-refractivity contribution in [3.05, 3.63) is 59.6 Å². The fraction of sp³-hybridized carbons (Fsp3) is 0.158. The number of benzene rings is 1. The molecule has 0 N–H and O–H groups in total. The zero-order valence-electron chi connectivity index (χ0n) is 14.6. The van der Waals surface area contributed by atoms with Crippen LogP contribution in [0.2, 0.25) is 0 Å². The number of hydrogen-bond acceptors (Lipinski definition) is 6. The van der Waals surface area contributed by atoms with Crippen LogP contribution in [0.15, 0.2) is 36.7 Å². The number of fused-ring (bicyclic) bond motifs is 5. The maximum Gasteiger partial charge on any atom is 0.189 e. The van der Waals surface area contributed by atoms with Crippen molar-refractivity contribution in [3.8, 4) is 5.75 Å². The molecule has 0 radical (unpaired) electrons. The monoisotopic (exact) mass is 379 g/mol. The Kier molecular flexibility index (Phi) is 3.54. The summed E-state index contributed by atoms with van der Waals surface area (Å²) in [6, 6.07) is 7.93. The van der Waals surface area contributed by atoms with E-state index in [1.807, 2.05) is 6.92 Å². The molecule has 0 aliphatic heterocycles. The lowest BCUT2D eigenvalue weighted by Gasteiger charge is -2.02. The highest BCUT2D eigenvalue weighted by Gasteiger charge is 2.16. The van der Waals surface area contributed by atoms with Crippen LogP contribution in [0.3, 0.4) is 0 Å². The highest BCUT2D eigenvalue weighted by molar-refractivity contribution is 7.26. The average Bonchev–Trinajstić information content (AvgIpc) is 3.21. The van der Waals surface area contributed by atoms with Gasteiger partial charge in [0.2, 0.25) is 0 Å². The third-order valence-corrected chi connectivity index (χ3v) is 5.39. The zero-order chi connectivity index (χ0) is 18.5. The van der Waals surface area contributed by atoms with Gasteiger partial charge in [-0.2, -0.15) is 0 Å². The van der Waals surface area contributed by atoms with Crippen LogP contribution >= 0.6 is 11.3 Å². The Morgan fingerprint density at radius 2 is 1.96 bits per heavy atom. The van der Waals surface area contributed by atoms with E-state index in [-0.39, 0.29) is 12.4 Å². The number of rotatable bonds is 3. The molecule has 27 heavy (non-hydrogen) atoms. The number of nitrogens with zero attached hydrogens (tertiary/aromatic N) is 5. The van der Waals surface area contributed by atoms with E-state index in [0.717, 1.165) is 37.3 Å². The molecule has 6 nitrogen and oxygen atoms in total. The van der Waals surface area contributed by atoms with E-state index >= 15 is 0 Å². The van der Waals surface area contributed by atoms with E-state index in [9.17, 15) is 4.39 Å². The van der Waals surface area contributed by atoms with E-state index in [0.29, 0.717) is 11.6 Å². The minimum atomic E-state index is -0.300. The number of pyridine rings is 1. The second-order valence-electron chi connectivity index (χ2n) is 6.32. The lowest BCUT2D eigenvalue weighted by Crippen LogP contribution is -1.98. The Morgan fingerprint density at radius 3 is 2.78 bits per heavy atom. The number of thiophene rings is 1. The van der Waals surface area contributed by atoms with Crippen LogP contribution in [0, 0.1) is 19.7 Å². The quantitative estimate of drug-likeness (QED) is 0.470. The van der Waals surface area contributed by atoms with E-state index < -0.39 is 0 Å². The third-order valence-electron chi connectivity index (χ3n) is 4.32. The maximum atomic E-state index is 13.0. The Balaban J connectivity index is 1.57. The molecule has 0 spiro atoms. The fourth-order valence-corrected chi connectivity index (χ4v) is 4.38. The van der Waals surface area contributed by atoms with Gasteiger partial charge in [-0.25, -0.2) is 23.9 Å². The first kappa shape index (κ1) is 16.1. The summed E-state index contributed by atoms with van der Waals surface area (Å²) in [7, 11) is 0. The lowest BCUT2D eigenvalue weighted by atomic mass is 10.1. The molecule has 0 fully saturated rings. The molecule has 0 unspecified atom stereocenters. The summed E-state index contributed by atoms with van der Waals surface area (Å²) in [4.78, 5) is 14.8. The van der Waals surface area contributed by atoms with Crippen molar-refractivity contribution >= 4 is 37.4 Å². The molecule has 0 saturated heterocycles. The Morgan fingerprint density at radius 1 is 1.15 bits per heavy atom. The molecule has 0 saturated carbocycles. The summed E-state index contributed by atoms with van der Waals surface area (Å²) in [5.41, 5.74) is 3.76. The second kappa shape index (κ2) is 5.95. The van der Waals surface area contributed by atoms with Gasteiger partial charge in [0, 0.05) is 11.1 Å². The smallest absolute Gasteiger partial charge is 0.189 e. The zero-order valence-corrected chi connectivity index (χ0v) is 15.4. The molecule has 0 aliphatic carbocycles. The first-order valence-electron chi connectivity index (χ1n) is 8.37. The van der Waals surface area contributed by atoms with Gasteiger partial charge in [0.25, 0.3) is 0 Å². The van der Waals surface area contributed by atoms with E-state index in [1.165, 1.54) is 12.1 Å². The van der Waals surface area contributed by atoms with Crippen LogP contribution in [-0.4, -0.2) is 24.6 Å². The molecule has 4 aromatic heterocycles. The molecule has 5 rings (SSSR count). The SMILES string of the molecule is Cc1cc(C)c2c(n1)sc1c2ncn2nc(COc3ccc(F)cc3)nc12. The fourth-order valence-electron chi connectivity index (χ4n) is 3.15. The van der Waals surface area contributed by atoms with Crippen molar-refractivity contribution < 1.29 is 9.13 Å². The van der Waals surface area contributed by atoms with Crippen LogP contribution in [-0.2, 0) is 6.61 Å². The number of aromatic nitrogens is 5. The molecule has 0 atom stereocenters. The van der Waals surface area contributed by atoms with Gasteiger partial charge in [0.05, 0.1) is 5.52 Å². The molecule has 0 bridgehead atoms. The van der Waals surface area contributed by atoms with Gasteiger partial charge in [-0.05, 0) is 49.7 Å². The van der Waals surface area contributed by atoms with Crippen molar-refractivity contribution in [3.63, 3.8) is 0 Å². The number of ether oxygens (including phenoxy) is 1. The van der Waals surface area contributed by atoms with Gasteiger partial charge >= 0.3 is 0 Å². The summed E-state index contributed by atoms with van der Waals surface area (Å²) in [6.45, 7) is 4.25. The van der Waals surface area contributed by atoms with Gasteiger partial charge in [-0.15, -0.1) is 16.4 Å². The molecule has 4 heterocycles. The van der Waals surface area contributed by atoms with Crippen LogP contribution in [0.25, 0.3) is 26.1 Å². The van der Waals surface area contributed by atoms with Crippen molar-refractivity contribution in [2.24, 2.45) is 0 Å². The maximum absolute atomic E-state index is 13.0. The van der Waals surface area contributed by atoms with Crippen molar-refractivity contribution in [1.82, 2.24) is 24.6 Å². The van der Waals surface area contributed by atoms with Gasteiger partial charge < -0.3 is 4.74 Å². The highest BCUT2D eigenvalue weighted by atomic mass is 32.1. The number of halogens is 1. The molecule has 8 heteroatoms. The van der Waals surface area contributed by atoms with Gasteiger partial charge in [-0.1, -0.05) is 0 Å². The normalized spacial score (nSPS) is 11.7. The molecule has 0 aliphatic rings. The first-order valence-corrected chi connectivity index (χ1v) is 9.19. The van der Waals surface area contributed by atoms with Crippen molar-refractivity contribution in [2.75, 3.05) is 0 Å². The predicted octanol–water partition coefficient (Wildman–Crippen LogP) is 4.22. The molecule has 134 valence electrons. The van der Waals surface area contributed by atoms with Gasteiger partial charge in [0.15, 0.2) is 11.5 Å². The second-order valence-corrected chi connectivity index (χ2v) is 7.32. The minimum Gasteiger partial charge on any atom is -0.486 e. The van der Waals surface area contributed by atoms with E-state index in [2.05, 4.69) is 33.0 Å². The van der Waals surface area contributed by atoms with E-state index in [1.54, 1.807) is 34.3 Å². The highest BCUT2D eigenvalue weighted by Crippen LogP contribution is 2.35. The molecular formula is C19H14FN5OS. The largest absolute Gasteiger partial charge is 0.486 e. The van der Waals surface area contributed by atoms with Crippen LogP contribution < -0.4 is 4.74 Å². The number of aryl methyl sites for hydroxylation is 2. The molecule has 5 aromatic rings. The Hall–Kier alpha value is -3.13. The standard InChI is InChI=1S/C19H14FN5OS/c1-10-7-11(2)22-19-15(10)16-17(27-19)18-23-14(24-25(18)9-21-16)8-26-13-5-3-12(20)4-6-13/h3-7,9H,8H2,1-2H3. The van der Waals surface area contributed by atoms with Gasteiger partial charge in [-0.3, -0.25) is 0 Å². The average molecular weight is 379 g/mol. The topological polar surface area (TPSA) is 65.2 Å². The van der Waals surface area contributed by atoms with Crippen LogP contribution in [0.5, 0.6) is 5.75 Å². The van der Waals surface area contributed by atoms with Crippen molar-refractivity contribution in [2.45, 2.75) is 20.5 Å². The molecule has 1 aromatic carbocycles. The Labute approximate surface area is 157 Å². The minimum absolute atomic E-state index is 0.191. The van der Waals surface area contributed by atoms with Crippen LogP contribution in [0.1, 0.15) is 17.1 Å². The third kappa shape index (κ3) is 2.69. The number of hydrogen-bond donors (Lipinski definition) is 0. The van der Waals surface area contributed by atoms with Crippen LogP contribution in [0.4, 0.5) is 4.39 Å². The first-order chi connectivity index (χ1) is 13.1. The predicted molar refractivity (Wildman–Crippen MR) is 102 cm³/mol. The van der Waals surface area contributed by atoms with Gasteiger partial charge in [0.1, 0.15) is 34.0 Å². The van der Waals surface area contributed by atoms with Crippen molar-refractivity contribution in [1.29, 1.82) is 0 Å². The molecular weight excluding hydrogens is 365 g/mol. The summed E-state index contributed by atoms with van der Waals surface area (Å²) >= 11 is 1.57. The Bertz CT molecular complexity index is 1310. The summed E-state index contributed by atoms with van der Waals surface area (Å²) < 4.78 is 21.2. The summed E-state index contributed by atoms with van der Waals surface area (Å²) in [5, 5.41) is 5.50. The van der Waals surface area contributed by atoms with E-state index in [4.69, 9.17) is 4.74 Å².